The van der Waals surface area contributed by atoms with Crippen molar-refractivity contribution in [2.45, 2.75) is 12.8 Å². The minimum atomic E-state index is 0.442. The second-order valence-corrected chi connectivity index (χ2v) is 4.07. The summed E-state index contributed by atoms with van der Waals surface area (Å²) in [6.07, 6.45) is 5.03. The number of benzene rings is 1. The molecule has 0 unspecified atom stereocenters. The van der Waals surface area contributed by atoms with Gasteiger partial charge in [-0.2, -0.15) is 0 Å². The van der Waals surface area contributed by atoms with Gasteiger partial charge in [0.25, 0.3) is 0 Å². The molecule has 2 aromatic rings. The molecule has 0 fully saturated rings. The Morgan fingerprint density at radius 2 is 1.88 bits per heavy atom. The maximum atomic E-state index is 5.78. The highest BCUT2D eigenvalue weighted by atomic mass is 35.5. The van der Waals surface area contributed by atoms with Gasteiger partial charge in [0.05, 0.1) is 19.0 Å². The van der Waals surface area contributed by atoms with Crippen LogP contribution in [-0.4, -0.2) is 17.1 Å². The van der Waals surface area contributed by atoms with Crippen LogP contribution < -0.4 is 4.74 Å². The van der Waals surface area contributed by atoms with Crippen LogP contribution in [0.1, 0.15) is 11.3 Å². The van der Waals surface area contributed by atoms with Gasteiger partial charge < -0.3 is 4.74 Å². The summed E-state index contributed by atoms with van der Waals surface area (Å²) >= 11 is 5.78. The van der Waals surface area contributed by atoms with Gasteiger partial charge in [-0.25, -0.2) is 4.98 Å². The summed E-state index contributed by atoms with van der Waals surface area (Å²) in [5.74, 6) is 0.872. The Morgan fingerprint density at radius 3 is 2.53 bits per heavy atom. The van der Waals surface area contributed by atoms with E-state index in [9.17, 15) is 0 Å². The fraction of sp³-hybridized carbons (Fsp3) is 0.231. The third-order valence-corrected chi connectivity index (χ3v) is 2.67. The fourth-order valence-electron chi connectivity index (χ4n) is 1.56. The molecule has 0 amide bonds. The summed E-state index contributed by atoms with van der Waals surface area (Å²) in [6.45, 7) is 0. The summed E-state index contributed by atoms with van der Waals surface area (Å²) in [5.41, 5.74) is 2.15. The molecule has 0 atom stereocenters. The third kappa shape index (κ3) is 3.43. The van der Waals surface area contributed by atoms with Crippen LogP contribution in [0.3, 0.4) is 0 Å². The van der Waals surface area contributed by atoms with Crippen LogP contribution in [0.4, 0.5) is 0 Å². The van der Waals surface area contributed by atoms with E-state index in [4.69, 9.17) is 16.3 Å². The molecule has 0 N–H and O–H groups in total. The first kappa shape index (κ1) is 11.9. The van der Waals surface area contributed by atoms with Crippen molar-refractivity contribution >= 4 is 11.6 Å². The van der Waals surface area contributed by atoms with E-state index < -0.39 is 0 Å². The van der Waals surface area contributed by atoms with Crippen molar-refractivity contribution in [3.63, 3.8) is 0 Å². The predicted molar refractivity (Wildman–Crippen MR) is 67.4 cm³/mol. The number of ether oxygens (including phenoxy) is 1. The Hall–Kier alpha value is -1.61. The molecule has 1 heterocycles. The summed E-state index contributed by atoms with van der Waals surface area (Å²) in [5, 5.41) is 0.442. The van der Waals surface area contributed by atoms with E-state index in [1.807, 2.05) is 12.1 Å². The van der Waals surface area contributed by atoms with Gasteiger partial charge in [0.1, 0.15) is 10.9 Å². The molecule has 0 saturated heterocycles. The molecule has 0 aliphatic carbocycles. The molecule has 0 spiro atoms. The highest BCUT2D eigenvalue weighted by molar-refractivity contribution is 6.29. The van der Waals surface area contributed by atoms with Crippen LogP contribution in [0.15, 0.2) is 36.7 Å². The molecule has 0 saturated carbocycles. The van der Waals surface area contributed by atoms with E-state index in [0.29, 0.717) is 5.15 Å². The summed E-state index contributed by atoms with van der Waals surface area (Å²) in [4.78, 5) is 8.21. The third-order valence-electron chi connectivity index (χ3n) is 2.48. The van der Waals surface area contributed by atoms with E-state index in [-0.39, 0.29) is 0 Å². The minimum Gasteiger partial charge on any atom is -0.497 e. The Labute approximate surface area is 105 Å². The van der Waals surface area contributed by atoms with Gasteiger partial charge in [-0.1, -0.05) is 23.7 Å². The van der Waals surface area contributed by atoms with Crippen molar-refractivity contribution in [3.05, 3.63) is 53.1 Å². The topological polar surface area (TPSA) is 35.0 Å². The van der Waals surface area contributed by atoms with E-state index in [2.05, 4.69) is 22.1 Å². The van der Waals surface area contributed by atoms with Crippen molar-refractivity contribution < 1.29 is 4.74 Å². The lowest BCUT2D eigenvalue weighted by molar-refractivity contribution is 0.414. The predicted octanol–water partition coefficient (Wildman–Crippen LogP) is 2.92. The molecule has 0 aliphatic rings. The molecule has 1 aromatic heterocycles. The molecule has 3 nitrogen and oxygen atoms in total. The average molecular weight is 249 g/mol. The standard InChI is InChI=1S/C13H13ClN2O/c1-17-12-6-3-10(4-7-12)2-5-11-8-15-9-13(14)16-11/h3-4,6-9H,2,5H2,1H3. The van der Waals surface area contributed by atoms with Gasteiger partial charge in [-0.05, 0) is 30.5 Å². The number of rotatable bonds is 4. The van der Waals surface area contributed by atoms with Gasteiger partial charge in [-0.3, -0.25) is 4.98 Å². The molecule has 88 valence electrons. The van der Waals surface area contributed by atoms with Gasteiger partial charge in [-0.15, -0.1) is 0 Å². The monoisotopic (exact) mass is 248 g/mol. The number of aryl methyl sites for hydroxylation is 2. The molecule has 0 radical (unpaired) electrons. The zero-order valence-corrected chi connectivity index (χ0v) is 10.3. The molecular formula is C13H13ClN2O. The first-order valence-corrected chi connectivity index (χ1v) is 5.75. The normalized spacial score (nSPS) is 10.2. The van der Waals surface area contributed by atoms with Crippen LogP contribution in [0.5, 0.6) is 5.75 Å². The highest BCUT2D eigenvalue weighted by Crippen LogP contribution is 2.13. The van der Waals surface area contributed by atoms with Crippen LogP contribution in [-0.2, 0) is 12.8 Å². The Bertz CT molecular complexity index is 485. The lowest BCUT2D eigenvalue weighted by atomic mass is 10.1. The van der Waals surface area contributed by atoms with E-state index in [1.54, 1.807) is 19.5 Å². The van der Waals surface area contributed by atoms with Crippen LogP contribution >= 0.6 is 11.6 Å². The summed E-state index contributed by atoms with van der Waals surface area (Å²) < 4.78 is 5.11. The molecular weight excluding hydrogens is 236 g/mol. The number of nitrogens with zero attached hydrogens (tertiary/aromatic N) is 2. The average Bonchev–Trinajstić information content (AvgIpc) is 2.37. The number of hydrogen-bond acceptors (Lipinski definition) is 3. The van der Waals surface area contributed by atoms with Gasteiger partial charge in [0.15, 0.2) is 0 Å². The van der Waals surface area contributed by atoms with Gasteiger partial charge in [0.2, 0.25) is 0 Å². The van der Waals surface area contributed by atoms with E-state index in [0.717, 1.165) is 24.3 Å². The molecule has 2 rings (SSSR count). The van der Waals surface area contributed by atoms with Crippen LogP contribution in [0.25, 0.3) is 0 Å². The Morgan fingerprint density at radius 1 is 1.12 bits per heavy atom. The minimum absolute atomic E-state index is 0.442. The number of halogens is 1. The SMILES string of the molecule is COc1ccc(CCc2cncc(Cl)n2)cc1. The lowest BCUT2D eigenvalue weighted by Gasteiger charge is -2.03. The Kier molecular flexibility index (Phi) is 3.94. The van der Waals surface area contributed by atoms with Crippen molar-refractivity contribution in [1.29, 1.82) is 0 Å². The fourth-order valence-corrected chi connectivity index (χ4v) is 1.73. The lowest BCUT2D eigenvalue weighted by Crippen LogP contribution is -1.95. The maximum Gasteiger partial charge on any atom is 0.147 e. The van der Waals surface area contributed by atoms with Crippen molar-refractivity contribution in [2.75, 3.05) is 7.11 Å². The molecule has 0 bridgehead atoms. The summed E-state index contributed by atoms with van der Waals surface area (Å²) in [6, 6.07) is 8.02. The molecule has 1 aromatic carbocycles. The quantitative estimate of drug-likeness (QED) is 0.835. The zero-order chi connectivity index (χ0) is 12.1. The second kappa shape index (κ2) is 5.64. The van der Waals surface area contributed by atoms with Crippen LogP contribution in [0.2, 0.25) is 5.15 Å². The second-order valence-electron chi connectivity index (χ2n) is 3.68. The molecule has 0 aliphatic heterocycles. The highest BCUT2D eigenvalue weighted by Gasteiger charge is 1.99. The largest absolute Gasteiger partial charge is 0.497 e. The first-order chi connectivity index (χ1) is 8.28. The van der Waals surface area contributed by atoms with Gasteiger partial charge in [0, 0.05) is 6.20 Å². The number of aromatic nitrogens is 2. The number of hydrogen-bond donors (Lipinski definition) is 0. The van der Waals surface area contributed by atoms with Crippen LogP contribution in [0, 0.1) is 0 Å². The molecule has 17 heavy (non-hydrogen) atoms. The maximum absolute atomic E-state index is 5.78. The first-order valence-electron chi connectivity index (χ1n) is 5.37. The van der Waals surface area contributed by atoms with Gasteiger partial charge >= 0.3 is 0 Å². The van der Waals surface area contributed by atoms with Crippen molar-refractivity contribution in [2.24, 2.45) is 0 Å². The molecule has 4 heteroatoms. The van der Waals surface area contributed by atoms with E-state index >= 15 is 0 Å². The smallest absolute Gasteiger partial charge is 0.147 e. The Balaban J connectivity index is 1.97. The zero-order valence-electron chi connectivity index (χ0n) is 9.56. The van der Waals surface area contributed by atoms with Crippen molar-refractivity contribution in [3.8, 4) is 5.75 Å². The number of methoxy groups -OCH3 is 1. The summed E-state index contributed by atoms with van der Waals surface area (Å²) in [7, 11) is 1.66. The van der Waals surface area contributed by atoms with Crippen molar-refractivity contribution in [1.82, 2.24) is 9.97 Å². The van der Waals surface area contributed by atoms with E-state index in [1.165, 1.54) is 5.56 Å².